The van der Waals surface area contributed by atoms with Crippen molar-refractivity contribution in [3.8, 4) is 0 Å². The Hall–Kier alpha value is -1.10. The van der Waals surface area contributed by atoms with Gasteiger partial charge in [0.2, 0.25) is 0 Å². The number of thioether (sulfide) groups is 1. The molecule has 0 aromatic heterocycles. The Morgan fingerprint density at radius 1 is 1.44 bits per heavy atom. The van der Waals surface area contributed by atoms with Crippen molar-refractivity contribution in [1.82, 2.24) is 0 Å². The molecule has 1 heterocycles. The molecular weight excluding hydrogens is 256 g/mol. The molecule has 1 atom stereocenters. The standard InChI is InChI=1S/C13H15F2NOS/c1-2-10-7-16(3-4-18-10)13-11(14)5-9(8-17)6-12(13)15/h5-6,8,10H,2-4,7H2,1H3. The third kappa shape index (κ3) is 2.66. The van der Waals surface area contributed by atoms with E-state index in [2.05, 4.69) is 6.92 Å². The SMILES string of the molecule is CCC1CN(c2c(F)cc(C=O)cc2F)CCS1. The molecule has 1 aromatic carbocycles. The number of halogens is 2. The number of anilines is 1. The van der Waals surface area contributed by atoms with Crippen LogP contribution < -0.4 is 4.90 Å². The number of aldehydes is 1. The Balaban J connectivity index is 2.30. The second kappa shape index (κ2) is 5.69. The number of hydrogen-bond donors (Lipinski definition) is 0. The molecule has 1 saturated heterocycles. The summed E-state index contributed by atoms with van der Waals surface area (Å²) < 4.78 is 27.7. The third-order valence-electron chi connectivity index (χ3n) is 3.09. The van der Waals surface area contributed by atoms with E-state index < -0.39 is 11.6 Å². The molecule has 1 aliphatic rings. The topological polar surface area (TPSA) is 20.3 Å². The van der Waals surface area contributed by atoms with E-state index in [1.807, 2.05) is 11.8 Å². The zero-order valence-corrected chi connectivity index (χ0v) is 11.0. The van der Waals surface area contributed by atoms with Gasteiger partial charge in [0.25, 0.3) is 0 Å². The molecule has 2 nitrogen and oxygen atoms in total. The minimum atomic E-state index is -0.654. The number of hydrogen-bond acceptors (Lipinski definition) is 3. The van der Waals surface area contributed by atoms with E-state index >= 15 is 0 Å². The molecule has 1 fully saturated rings. The number of carbonyl (C=O) groups is 1. The van der Waals surface area contributed by atoms with Crippen molar-refractivity contribution in [1.29, 1.82) is 0 Å². The predicted octanol–water partition coefficient (Wildman–Crippen LogP) is 3.11. The minimum Gasteiger partial charge on any atom is -0.365 e. The normalized spacial score (nSPS) is 19.9. The summed E-state index contributed by atoms with van der Waals surface area (Å²) in [7, 11) is 0. The van der Waals surface area contributed by atoms with Crippen molar-refractivity contribution in [3.05, 3.63) is 29.3 Å². The predicted molar refractivity (Wildman–Crippen MR) is 70.5 cm³/mol. The Bertz CT molecular complexity index is 430. The van der Waals surface area contributed by atoms with Crippen molar-refractivity contribution in [3.63, 3.8) is 0 Å². The number of benzene rings is 1. The Morgan fingerprint density at radius 3 is 2.67 bits per heavy atom. The largest absolute Gasteiger partial charge is 0.365 e. The Morgan fingerprint density at radius 2 is 2.11 bits per heavy atom. The van der Waals surface area contributed by atoms with Gasteiger partial charge in [-0.15, -0.1) is 0 Å². The Kier molecular flexibility index (Phi) is 4.22. The molecule has 1 unspecified atom stereocenters. The van der Waals surface area contributed by atoms with Crippen LogP contribution in [0.3, 0.4) is 0 Å². The van der Waals surface area contributed by atoms with Crippen LogP contribution in [0.1, 0.15) is 23.7 Å². The molecule has 5 heteroatoms. The van der Waals surface area contributed by atoms with Crippen LogP contribution in [0.25, 0.3) is 0 Å². The maximum atomic E-state index is 13.9. The molecule has 0 saturated carbocycles. The summed E-state index contributed by atoms with van der Waals surface area (Å²) in [6.45, 7) is 3.36. The van der Waals surface area contributed by atoms with Crippen LogP contribution >= 0.6 is 11.8 Å². The lowest BCUT2D eigenvalue weighted by atomic mass is 10.1. The first kappa shape index (κ1) is 13.3. The monoisotopic (exact) mass is 271 g/mol. The van der Waals surface area contributed by atoms with E-state index in [1.165, 1.54) is 0 Å². The number of rotatable bonds is 3. The molecule has 0 N–H and O–H groups in total. The summed E-state index contributed by atoms with van der Waals surface area (Å²) in [5, 5.41) is 0.406. The first-order chi connectivity index (χ1) is 8.65. The molecule has 0 aliphatic carbocycles. The summed E-state index contributed by atoms with van der Waals surface area (Å²) in [5.41, 5.74) is 0.0338. The summed E-state index contributed by atoms with van der Waals surface area (Å²) in [6.07, 6.45) is 1.44. The second-order valence-electron chi connectivity index (χ2n) is 4.30. The van der Waals surface area contributed by atoms with Crippen molar-refractivity contribution < 1.29 is 13.6 Å². The maximum absolute atomic E-state index is 13.9. The van der Waals surface area contributed by atoms with Gasteiger partial charge in [0.1, 0.15) is 23.6 Å². The van der Waals surface area contributed by atoms with Crippen LogP contribution in [-0.4, -0.2) is 30.4 Å². The van der Waals surface area contributed by atoms with Gasteiger partial charge in [-0.3, -0.25) is 4.79 Å². The molecule has 0 amide bonds. The van der Waals surface area contributed by atoms with Crippen molar-refractivity contribution in [2.24, 2.45) is 0 Å². The molecule has 0 spiro atoms. The number of nitrogens with zero attached hydrogens (tertiary/aromatic N) is 1. The highest BCUT2D eigenvalue weighted by Gasteiger charge is 2.24. The average molecular weight is 271 g/mol. The fourth-order valence-corrected chi connectivity index (χ4v) is 3.30. The van der Waals surface area contributed by atoms with Gasteiger partial charge in [0.15, 0.2) is 0 Å². The molecule has 1 aliphatic heterocycles. The van der Waals surface area contributed by atoms with E-state index in [-0.39, 0.29) is 11.3 Å². The van der Waals surface area contributed by atoms with Gasteiger partial charge in [0, 0.05) is 29.7 Å². The zero-order chi connectivity index (χ0) is 13.1. The van der Waals surface area contributed by atoms with Gasteiger partial charge < -0.3 is 4.90 Å². The van der Waals surface area contributed by atoms with Gasteiger partial charge in [-0.25, -0.2) is 8.78 Å². The van der Waals surface area contributed by atoms with E-state index in [1.54, 1.807) is 4.90 Å². The van der Waals surface area contributed by atoms with E-state index in [0.29, 0.717) is 24.6 Å². The molecule has 0 bridgehead atoms. The van der Waals surface area contributed by atoms with Crippen molar-refractivity contribution in [2.45, 2.75) is 18.6 Å². The molecular formula is C13H15F2NOS. The first-order valence-electron chi connectivity index (χ1n) is 5.96. The molecule has 2 rings (SSSR count). The van der Waals surface area contributed by atoms with E-state index in [4.69, 9.17) is 0 Å². The van der Waals surface area contributed by atoms with Gasteiger partial charge in [-0.05, 0) is 18.6 Å². The van der Waals surface area contributed by atoms with Gasteiger partial charge >= 0.3 is 0 Å². The maximum Gasteiger partial charge on any atom is 0.150 e. The lowest BCUT2D eigenvalue weighted by Crippen LogP contribution is -2.38. The summed E-state index contributed by atoms with van der Waals surface area (Å²) in [6, 6.07) is 2.18. The lowest BCUT2D eigenvalue weighted by Gasteiger charge is -2.34. The number of carbonyl (C=O) groups excluding carboxylic acids is 1. The van der Waals surface area contributed by atoms with Crippen LogP contribution in [0.2, 0.25) is 0 Å². The van der Waals surface area contributed by atoms with E-state index in [9.17, 15) is 13.6 Å². The van der Waals surface area contributed by atoms with E-state index in [0.717, 1.165) is 24.3 Å². The molecule has 98 valence electrons. The Labute approximate surface area is 109 Å². The highest BCUT2D eigenvalue weighted by molar-refractivity contribution is 8.00. The smallest absolute Gasteiger partial charge is 0.150 e. The highest BCUT2D eigenvalue weighted by atomic mass is 32.2. The molecule has 0 radical (unpaired) electrons. The van der Waals surface area contributed by atoms with Gasteiger partial charge in [-0.2, -0.15) is 11.8 Å². The summed E-state index contributed by atoms with van der Waals surface area (Å²) in [5.74, 6) is -0.440. The van der Waals surface area contributed by atoms with Crippen LogP contribution in [0.5, 0.6) is 0 Å². The zero-order valence-electron chi connectivity index (χ0n) is 10.2. The summed E-state index contributed by atoms with van der Waals surface area (Å²) in [4.78, 5) is 12.3. The molecule has 1 aromatic rings. The van der Waals surface area contributed by atoms with Crippen LogP contribution in [0, 0.1) is 11.6 Å². The first-order valence-corrected chi connectivity index (χ1v) is 7.01. The second-order valence-corrected chi connectivity index (χ2v) is 5.71. The lowest BCUT2D eigenvalue weighted by molar-refractivity contribution is 0.112. The van der Waals surface area contributed by atoms with Crippen LogP contribution in [0.15, 0.2) is 12.1 Å². The van der Waals surface area contributed by atoms with Crippen molar-refractivity contribution >= 4 is 23.7 Å². The summed E-state index contributed by atoms with van der Waals surface area (Å²) >= 11 is 1.84. The van der Waals surface area contributed by atoms with Gasteiger partial charge in [-0.1, -0.05) is 6.92 Å². The third-order valence-corrected chi connectivity index (χ3v) is 4.46. The highest BCUT2D eigenvalue weighted by Crippen LogP contribution is 2.30. The van der Waals surface area contributed by atoms with Crippen LogP contribution in [0.4, 0.5) is 14.5 Å². The quantitative estimate of drug-likeness (QED) is 0.788. The van der Waals surface area contributed by atoms with Crippen molar-refractivity contribution in [2.75, 3.05) is 23.7 Å². The average Bonchev–Trinajstić information content (AvgIpc) is 2.38. The van der Waals surface area contributed by atoms with Gasteiger partial charge in [0.05, 0.1) is 0 Å². The van der Waals surface area contributed by atoms with Crippen LogP contribution in [-0.2, 0) is 0 Å². The molecule has 18 heavy (non-hydrogen) atoms. The fourth-order valence-electron chi connectivity index (χ4n) is 2.12. The fraction of sp³-hybridized carbons (Fsp3) is 0.462. The minimum absolute atomic E-state index is 0.000602.